The molecule has 0 fully saturated rings. The van der Waals surface area contributed by atoms with Gasteiger partial charge in [0.05, 0.1) is 0 Å². The maximum atomic E-state index is 13.3. The van der Waals surface area contributed by atoms with Crippen molar-refractivity contribution in [2.75, 3.05) is 5.32 Å². The third kappa shape index (κ3) is 2.67. The molecule has 1 heterocycles. The van der Waals surface area contributed by atoms with Crippen LogP contribution in [0.15, 0.2) is 71.9 Å². The number of ketones is 1. The average molecular weight is 367 g/mol. The molecule has 140 valence electrons. The van der Waals surface area contributed by atoms with E-state index < -0.39 is 0 Å². The number of Topliss-reactive ketones (excluding diaryl/α,β-unsaturated/α-hetero) is 1. The summed E-state index contributed by atoms with van der Waals surface area (Å²) in [6.45, 7) is 6.48. The van der Waals surface area contributed by atoms with E-state index in [0.717, 1.165) is 23.4 Å². The van der Waals surface area contributed by atoms with Crippen LogP contribution in [0, 0.1) is 12.3 Å². The quantitative estimate of drug-likeness (QED) is 0.543. The molecule has 2 nitrogen and oxygen atoms in total. The van der Waals surface area contributed by atoms with Crippen LogP contribution in [0.5, 0.6) is 0 Å². The van der Waals surface area contributed by atoms with Crippen LogP contribution in [0.2, 0.25) is 0 Å². The Labute approximate surface area is 166 Å². The van der Waals surface area contributed by atoms with Gasteiger partial charge in [-0.25, -0.2) is 0 Å². The Morgan fingerprint density at radius 3 is 2.46 bits per heavy atom. The molecule has 0 amide bonds. The molecule has 0 aromatic heterocycles. The van der Waals surface area contributed by atoms with Crippen LogP contribution >= 0.6 is 0 Å². The molecule has 1 aliphatic heterocycles. The Bertz CT molecular complexity index is 1130. The van der Waals surface area contributed by atoms with E-state index in [0.29, 0.717) is 6.42 Å². The maximum absolute atomic E-state index is 13.3. The second-order valence-corrected chi connectivity index (χ2v) is 9.05. The minimum Gasteiger partial charge on any atom is -0.358 e. The lowest BCUT2D eigenvalue weighted by Gasteiger charge is -2.40. The predicted octanol–water partition coefficient (Wildman–Crippen LogP) is 6.35. The Balaban J connectivity index is 1.81. The smallest absolute Gasteiger partial charge is 0.162 e. The number of carbonyl (C=O) groups is 1. The van der Waals surface area contributed by atoms with Gasteiger partial charge >= 0.3 is 0 Å². The molecule has 0 radical (unpaired) electrons. The van der Waals surface area contributed by atoms with Gasteiger partial charge in [-0.15, -0.1) is 0 Å². The molecule has 2 heteroatoms. The Morgan fingerprint density at radius 2 is 1.68 bits per heavy atom. The summed E-state index contributed by atoms with van der Waals surface area (Å²) in [5, 5.41) is 6.09. The van der Waals surface area contributed by atoms with Gasteiger partial charge in [-0.2, -0.15) is 0 Å². The number of anilines is 1. The zero-order valence-electron chi connectivity index (χ0n) is 16.7. The van der Waals surface area contributed by atoms with Gasteiger partial charge in [0.15, 0.2) is 5.78 Å². The lowest BCUT2D eigenvalue weighted by atomic mass is 9.68. The van der Waals surface area contributed by atoms with Gasteiger partial charge < -0.3 is 5.32 Å². The van der Waals surface area contributed by atoms with Crippen molar-refractivity contribution in [1.29, 1.82) is 0 Å². The zero-order valence-corrected chi connectivity index (χ0v) is 16.7. The predicted molar refractivity (Wildman–Crippen MR) is 116 cm³/mol. The van der Waals surface area contributed by atoms with Crippen molar-refractivity contribution in [2.45, 2.75) is 39.5 Å². The number of hydrogen-bond donors (Lipinski definition) is 1. The molecule has 0 saturated carbocycles. The van der Waals surface area contributed by atoms with Crippen molar-refractivity contribution in [1.82, 2.24) is 0 Å². The molecule has 0 bridgehead atoms. The van der Waals surface area contributed by atoms with Crippen molar-refractivity contribution in [3.05, 3.63) is 88.6 Å². The highest BCUT2D eigenvalue weighted by atomic mass is 16.1. The summed E-state index contributed by atoms with van der Waals surface area (Å²) >= 11 is 0. The van der Waals surface area contributed by atoms with Crippen molar-refractivity contribution in [3.8, 4) is 0 Å². The van der Waals surface area contributed by atoms with Gasteiger partial charge in [-0.3, -0.25) is 4.79 Å². The molecule has 1 N–H and O–H groups in total. The third-order valence-electron chi connectivity index (χ3n) is 6.16. The highest BCUT2D eigenvalue weighted by molar-refractivity contribution is 6.04. The van der Waals surface area contributed by atoms with Crippen molar-refractivity contribution in [3.63, 3.8) is 0 Å². The van der Waals surface area contributed by atoms with Gasteiger partial charge in [0.1, 0.15) is 0 Å². The fourth-order valence-corrected chi connectivity index (χ4v) is 4.90. The van der Waals surface area contributed by atoms with Crippen molar-refractivity contribution >= 4 is 22.2 Å². The molecular formula is C26H25NO. The highest BCUT2D eigenvalue weighted by Crippen LogP contribution is 2.50. The summed E-state index contributed by atoms with van der Waals surface area (Å²) < 4.78 is 0. The van der Waals surface area contributed by atoms with Crippen LogP contribution in [0.4, 0.5) is 5.69 Å². The fraction of sp³-hybridized carbons (Fsp3) is 0.269. The number of hydrogen-bond acceptors (Lipinski definition) is 2. The van der Waals surface area contributed by atoms with E-state index in [2.05, 4.69) is 86.8 Å². The van der Waals surface area contributed by atoms with Gasteiger partial charge in [-0.1, -0.05) is 74.0 Å². The lowest BCUT2D eigenvalue weighted by molar-refractivity contribution is -0.118. The van der Waals surface area contributed by atoms with E-state index in [4.69, 9.17) is 0 Å². The molecule has 3 aromatic rings. The summed E-state index contributed by atoms with van der Waals surface area (Å²) in [5.74, 6) is 0.268. The normalized spacial score (nSPS) is 20.5. The molecule has 2 aliphatic rings. The highest BCUT2D eigenvalue weighted by Gasteiger charge is 2.41. The Kier molecular flexibility index (Phi) is 3.74. The number of fused-ring (bicyclic) bond motifs is 3. The summed E-state index contributed by atoms with van der Waals surface area (Å²) in [7, 11) is 0. The van der Waals surface area contributed by atoms with Crippen LogP contribution in [-0.4, -0.2) is 5.78 Å². The molecule has 0 unspecified atom stereocenters. The van der Waals surface area contributed by atoms with E-state index in [1.165, 1.54) is 27.5 Å². The van der Waals surface area contributed by atoms with Crippen molar-refractivity contribution in [2.24, 2.45) is 5.41 Å². The van der Waals surface area contributed by atoms with Crippen LogP contribution in [0.1, 0.15) is 49.3 Å². The topological polar surface area (TPSA) is 29.1 Å². The van der Waals surface area contributed by atoms with E-state index >= 15 is 0 Å². The molecule has 0 saturated heterocycles. The molecule has 3 aromatic carbocycles. The monoisotopic (exact) mass is 367 g/mol. The number of carbonyl (C=O) groups excluding carboxylic acids is 1. The van der Waals surface area contributed by atoms with Crippen LogP contribution in [0.3, 0.4) is 0 Å². The average Bonchev–Trinajstić information content (AvgIpc) is 2.66. The number of aryl methyl sites for hydroxylation is 1. The van der Waals surface area contributed by atoms with E-state index in [1.54, 1.807) is 0 Å². The van der Waals surface area contributed by atoms with E-state index in [1.807, 2.05) is 0 Å². The minimum absolute atomic E-state index is 0.00487. The summed E-state index contributed by atoms with van der Waals surface area (Å²) in [4.78, 5) is 13.3. The zero-order chi connectivity index (χ0) is 19.5. The second kappa shape index (κ2) is 6.07. The fourth-order valence-electron chi connectivity index (χ4n) is 4.90. The lowest BCUT2D eigenvalue weighted by Crippen LogP contribution is -2.33. The first-order valence-corrected chi connectivity index (χ1v) is 10.0. The Morgan fingerprint density at radius 1 is 0.929 bits per heavy atom. The molecule has 5 rings (SSSR count). The Hall–Kier alpha value is -2.87. The first-order valence-electron chi connectivity index (χ1n) is 10.0. The second-order valence-electron chi connectivity index (χ2n) is 9.05. The third-order valence-corrected chi connectivity index (χ3v) is 6.16. The van der Waals surface area contributed by atoms with Crippen molar-refractivity contribution < 1.29 is 4.79 Å². The summed E-state index contributed by atoms with van der Waals surface area (Å²) in [5.41, 5.74) is 6.87. The number of allylic oxidation sites excluding steroid dienone is 2. The number of nitrogens with one attached hydrogen (secondary N) is 1. The SMILES string of the molecule is Cc1ccc([C@H]2C3=C(CC(C)(C)CC3=O)Nc3ccc4ccccc4c32)cc1. The molecule has 1 atom stereocenters. The van der Waals surface area contributed by atoms with Crippen LogP contribution in [-0.2, 0) is 4.79 Å². The molecular weight excluding hydrogens is 342 g/mol. The maximum Gasteiger partial charge on any atom is 0.162 e. The minimum atomic E-state index is -0.0125. The molecule has 0 spiro atoms. The number of rotatable bonds is 1. The molecule has 1 aliphatic carbocycles. The van der Waals surface area contributed by atoms with Gasteiger partial charge in [-0.05, 0) is 46.7 Å². The number of benzene rings is 3. The standard InChI is InChI=1S/C26H25NO/c1-16-8-10-18(11-9-16)23-24-19-7-5-4-6-17(19)12-13-20(24)27-21-14-26(2,3)15-22(28)25(21)23/h4-13,23,27H,14-15H2,1-3H3/t23-/m1/s1. The van der Waals surface area contributed by atoms with Crippen LogP contribution < -0.4 is 5.32 Å². The van der Waals surface area contributed by atoms with Gasteiger partial charge in [0, 0.05) is 29.3 Å². The first kappa shape index (κ1) is 17.2. The largest absolute Gasteiger partial charge is 0.358 e. The van der Waals surface area contributed by atoms with E-state index in [9.17, 15) is 4.79 Å². The summed E-state index contributed by atoms with van der Waals surface area (Å²) in [6.07, 6.45) is 1.51. The van der Waals surface area contributed by atoms with Gasteiger partial charge in [0.2, 0.25) is 0 Å². The van der Waals surface area contributed by atoms with Gasteiger partial charge in [0.25, 0.3) is 0 Å². The van der Waals surface area contributed by atoms with E-state index in [-0.39, 0.29) is 17.1 Å². The first-order chi connectivity index (χ1) is 13.4. The summed E-state index contributed by atoms with van der Waals surface area (Å²) in [6, 6.07) is 21.5. The van der Waals surface area contributed by atoms with Crippen LogP contribution in [0.25, 0.3) is 10.8 Å². The molecule has 28 heavy (non-hydrogen) atoms.